The molecular formula is C22H15N5O. The maximum Gasteiger partial charge on any atom is 0.256 e. The molecule has 28 heavy (non-hydrogen) atoms. The quantitative estimate of drug-likeness (QED) is 0.591. The number of hydrogen-bond donors (Lipinski definition) is 1. The summed E-state index contributed by atoms with van der Waals surface area (Å²) in [5, 5.41) is 16.3. The molecule has 0 bridgehead atoms. The lowest BCUT2D eigenvalue weighted by molar-refractivity contribution is 0.102. The van der Waals surface area contributed by atoms with Gasteiger partial charge in [0.25, 0.3) is 5.91 Å². The van der Waals surface area contributed by atoms with E-state index in [1.165, 1.54) is 10.9 Å². The zero-order chi connectivity index (χ0) is 19.3. The Bertz CT molecular complexity index is 1140. The van der Waals surface area contributed by atoms with Crippen LogP contribution in [0.5, 0.6) is 0 Å². The smallest absolute Gasteiger partial charge is 0.256 e. The van der Waals surface area contributed by atoms with Gasteiger partial charge in [-0.05, 0) is 35.4 Å². The molecule has 0 atom stereocenters. The standard InChI is InChI=1S/C22H15N5O/c23-14-19-15-25-27(20-8-4-5-13-24-20)21(19)26-22(28)18-11-9-17(10-12-18)16-6-2-1-3-7-16/h1-13,15H,(H,26,28). The molecule has 6 nitrogen and oxygen atoms in total. The first kappa shape index (κ1) is 17.2. The van der Waals surface area contributed by atoms with E-state index in [-0.39, 0.29) is 11.5 Å². The second-order valence-electron chi connectivity index (χ2n) is 6.02. The maximum atomic E-state index is 12.7. The SMILES string of the molecule is N#Cc1cnn(-c2ccccn2)c1NC(=O)c1ccc(-c2ccccc2)cc1. The van der Waals surface area contributed by atoms with Gasteiger partial charge in [0.15, 0.2) is 11.6 Å². The topological polar surface area (TPSA) is 83.6 Å². The number of anilines is 1. The normalized spacial score (nSPS) is 10.2. The largest absolute Gasteiger partial charge is 0.305 e. The minimum absolute atomic E-state index is 0.264. The zero-order valence-electron chi connectivity index (χ0n) is 14.8. The number of nitrogens with zero attached hydrogens (tertiary/aromatic N) is 4. The molecule has 4 aromatic rings. The molecule has 0 aliphatic rings. The Kier molecular flexibility index (Phi) is 4.64. The maximum absolute atomic E-state index is 12.7. The first-order chi connectivity index (χ1) is 13.8. The summed E-state index contributed by atoms with van der Waals surface area (Å²) in [4.78, 5) is 17.0. The first-order valence-electron chi connectivity index (χ1n) is 8.62. The summed E-state index contributed by atoms with van der Waals surface area (Å²) in [5.41, 5.74) is 2.85. The highest BCUT2D eigenvalue weighted by Gasteiger charge is 2.16. The van der Waals surface area contributed by atoms with Crippen LogP contribution < -0.4 is 5.32 Å². The van der Waals surface area contributed by atoms with Crippen molar-refractivity contribution in [3.63, 3.8) is 0 Å². The molecule has 0 saturated heterocycles. The third-order valence-electron chi connectivity index (χ3n) is 4.24. The predicted octanol–water partition coefficient (Wildman–Crippen LogP) is 4.06. The average Bonchev–Trinajstić information content (AvgIpc) is 3.17. The van der Waals surface area contributed by atoms with E-state index < -0.39 is 0 Å². The number of rotatable bonds is 4. The highest BCUT2D eigenvalue weighted by atomic mass is 16.1. The van der Waals surface area contributed by atoms with Crippen LogP contribution in [0.1, 0.15) is 15.9 Å². The number of amides is 1. The molecule has 0 unspecified atom stereocenters. The van der Waals surface area contributed by atoms with Gasteiger partial charge in [0.1, 0.15) is 11.6 Å². The Hall–Kier alpha value is -4.24. The number of carbonyl (C=O) groups excluding carboxylic acids is 1. The van der Waals surface area contributed by atoms with Crippen molar-refractivity contribution in [3.8, 4) is 23.0 Å². The summed E-state index contributed by atoms with van der Waals surface area (Å²) < 4.78 is 1.44. The van der Waals surface area contributed by atoms with Crippen molar-refractivity contribution >= 4 is 11.7 Å². The lowest BCUT2D eigenvalue weighted by atomic mass is 10.0. The Morgan fingerprint density at radius 3 is 2.32 bits per heavy atom. The second-order valence-corrected chi connectivity index (χ2v) is 6.02. The van der Waals surface area contributed by atoms with Crippen LogP contribution >= 0.6 is 0 Å². The van der Waals surface area contributed by atoms with Crippen LogP contribution in [0.2, 0.25) is 0 Å². The molecule has 2 aromatic heterocycles. The van der Waals surface area contributed by atoms with E-state index >= 15 is 0 Å². The van der Waals surface area contributed by atoms with Crippen LogP contribution in [0.15, 0.2) is 85.2 Å². The van der Waals surface area contributed by atoms with Crippen molar-refractivity contribution in [2.75, 3.05) is 5.32 Å². The van der Waals surface area contributed by atoms with Gasteiger partial charge in [-0.1, -0.05) is 48.5 Å². The molecule has 0 fully saturated rings. The summed E-state index contributed by atoms with van der Waals surface area (Å²) in [6, 6.07) is 24.6. The second kappa shape index (κ2) is 7.56. The molecule has 1 amide bonds. The lowest BCUT2D eigenvalue weighted by Gasteiger charge is -2.09. The fraction of sp³-hybridized carbons (Fsp3) is 0. The van der Waals surface area contributed by atoms with E-state index in [9.17, 15) is 10.1 Å². The molecule has 134 valence electrons. The Labute approximate surface area is 161 Å². The van der Waals surface area contributed by atoms with Gasteiger partial charge in [-0.3, -0.25) is 4.79 Å². The van der Waals surface area contributed by atoms with Crippen molar-refractivity contribution in [1.82, 2.24) is 14.8 Å². The third kappa shape index (κ3) is 3.37. The summed E-state index contributed by atoms with van der Waals surface area (Å²) in [7, 11) is 0. The minimum Gasteiger partial charge on any atom is -0.305 e. The van der Waals surface area contributed by atoms with Crippen LogP contribution in [0, 0.1) is 11.3 Å². The van der Waals surface area contributed by atoms with Crippen LogP contribution in [-0.2, 0) is 0 Å². The third-order valence-corrected chi connectivity index (χ3v) is 4.24. The van der Waals surface area contributed by atoms with E-state index in [4.69, 9.17) is 0 Å². The molecule has 4 rings (SSSR count). The zero-order valence-corrected chi connectivity index (χ0v) is 14.8. The molecule has 2 aromatic carbocycles. The fourth-order valence-electron chi connectivity index (χ4n) is 2.83. The summed E-state index contributed by atoms with van der Waals surface area (Å²) in [6.07, 6.45) is 3.03. The Morgan fingerprint density at radius 1 is 0.929 bits per heavy atom. The predicted molar refractivity (Wildman–Crippen MR) is 106 cm³/mol. The molecule has 1 N–H and O–H groups in total. The van der Waals surface area contributed by atoms with E-state index in [2.05, 4.69) is 15.4 Å². The number of hydrogen-bond acceptors (Lipinski definition) is 4. The number of pyridine rings is 1. The number of carbonyl (C=O) groups is 1. The van der Waals surface area contributed by atoms with Crippen LogP contribution in [0.25, 0.3) is 16.9 Å². The van der Waals surface area contributed by atoms with Crippen molar-refractivity contribution in [3.05, 3.63) is 96.3 Å². The van der Waals surface area contributed by atoms with Crippen LogP contribution in [0.3, 0.4) is 0 Å². The van der Waals surface area contributed by atoms with Gasteiger partial charge < -0.3 is 5.32 Å². The Balaban J connectivity index is 1.61. The monoisotopic (exact) mass is 365 g/mol. The van der Waals surface area contributed by atoms with Gasteiger partial charge in [0, 0.05) is 11.8 Å². The number of nitriles is 1. The highest BCUT2D eigenvalue weighted by molar-refractivity contribution is 6.04. The van der Waals surface area contributed by atoms with E-state index in [0.717, 1.165) is 11.1 Å². The lowest BCUT2D eigenvalue weighted by Crippen LogP contribution is -2.16. The average molecular weight is 365 g/mol. The first-order valence-corrected chi connectivity index (χ1v) is 8.62. The van der Waals surface area contributed by atoms with Gasteiger partial charge in [-0.25, -0.2) is 4.98 Å². The van der Waals surface area contributed by atoms with Crippen molar-refractivity contribution in [2.24, 2.45) is 0 Å². The number of aromatic nitrogens is 3. The molecular weight excluding hydrogens is 350 g/mol. The molecule has 0 saturated carbocycles. The van der Waals surface area contributed by atoms with E-state index in [0.29, 0.717) is 17.2 Å². The van der Waals surface area contributed by atoms with Crippen molar-refractivity contribution < 1.29 is 4.79 Å². The molecule has 6 heteroatoms. The number of benzene rings is 2. The van der Waals surface area contributed by atoms with Gasteiger partial charge in [0.2, 0.25) is 0 Å². The molecule has 2 heterocycles. The van der Waals surface area contributed by atoms with Gasteiger partial charge in [-0.15, -0.1) is 0 Å². The van der Waals surface area contributed by atoms with Crippen LogP contribution in [0.4, 0.5) is 5.82 Å². The summed E-state index contributed by atoms with van der Waals surface area (Å²) in [6.45, 7) is 0. The van der Waals surface area contributed by atoms with E-state index in [1.807, 2.05) is 54.6 Å². The molecule has 0 aliphatic carbocycles. The molecule has 0 aliphatic heterocycles. The number of nitrogens with one attached hydrogen (secondary N) is 1. The van der Waals surface area contributed by atoms with Crippen molar-refractivity contribution in [2.45, 2.75) is 0 Å². The molecule has 0 spiro atoms. The van der Waals surface area contributed by atoms with Gasteiger partial charge in [-0.2, -0.15) is 15.0 Å². The van der Waals surface area contributed by atoms with Crippen LogP contribution in [-0.4, -0.2) is 20.7 Å². The minimum atomic E-state index is -0.325. The molecule has 0 radical (unpaired) electrons. The highest BCUT2D eigenvalue weighted by Crippen LogP contribution is 2.22. The van der Waals surface area contributed by atoms with E-state index in [1.54, 1.807) is 30.5 Å². The van der Waals surface area contributed by atoms with Gasteiger partial charge >= 0.3 is 0 Å². The fourth-order valence-corrected chi connectivity index (χ4v) is 2.83. The van der Waals surface area contributed by atoms with Crippen molar-refractivity contribution in [1.29, 1.82) is 5.26 Å². The summed E-state index contributed by atoms with van der Waals surface area (Å²) >= 11 is 0. The Morgan fingerprint density at radius 2 is 1.64 bits per heavy atom. The van der Waals surface area contributed by atoms with Gasteiger partial charge in [0.05, 0.1) is 6.20 Å². The summed E-state index contributed by atoms with van der Waals surface area (Å²) in [5.74, 6) is 0.478.